The fourth-order valence-electron chi connectivity index (χ4n) is 1.07. The SMILES string of the molecule is CC(=O)Oc1ccc(C(C#N)C#N)cc1. The minimum atomic E-state index is -0.781. The molecule has 4 heteroatoms. The summed E-state index contributed by atoms with van der Waals surface area (Å²) in [7, 11) is 0. The van der Waals surface area contributed by atoms with Crippen LogP contribution in [0.5, 0.6) is 5.75 Å². The van der Waals surface area contributed by atoms with Gasteiger partial charge in [-0.1, -0.05) is 12.1 Å². The van der Waals surface area contributed by atoms with Crippen molar-refractivity contribution in [2.45, 2.75) is 12.8 Å². The zero-order chi connectivity index (χ0) is 11.3. The Morgan fingerprint density at radius 3 is 2.20 bits per heavy atom. The number of nitriles is 2. The second kappa shape index (κ2) is 4.78. The number of ether oxygens (including phenoxy) is 1. The molecule has 1 aromatic rings. The number of esters is 1. The van der Waals surface area contributed by atoms with Gasteiger partial charge in [0.15, 0.2) is 5.92 Å². The van der Waals surface area contributed by atoms with E-state index in [4.69, 9.17) is 15.3 Å². The lowest BCUT2D eigenvalue weighted by molar-refractivity contribution is -0.131. The molecule has 0 radical (unpaired) electrons. The maximum atomic E-state index is 10.6. The highest BCUT2D eigenvalue weighted by molar-refractivity contribution is 5.69. The van der Waals surface area contributed by atoms with Crippen LogP contribution in [0.25, 0.3) is 0 Å². The van der Waals surface area contributed by atoms with Crippen LogP contribution in [-0.2, 0) is 4.79 Å². The van der Waals surface area contributed by atoms with E-state index in [0.29, 0.717) is 11.3 Å². The summed E-state index contributed by atoms with van der Waals surface area (Å²) in [5.74, 6) is -0.780. The summed E-state index contributed by atoms with van der Waals surface area (Å²) < 4.78 is 4.81. The van der Waals surface area contributed by atoms with Crippen molar-refractivity contribution in [1.82, 2.24) is 0 Å². The molecule has 0 aliphatic heterocycles. The first-order valence-electron chi connectivity index (χ1n) is 4.25. The lowest BCUT2D eigenvalue weighted by Gasteiger charge is -2.03. The van der Waals surface area contributed by atoms with Crippen LogP contribution in [0.4, 0.5) is 0 Å². The Morgan fingerprint density at radius 1 is 1.27 bits per heavy atom. The highest BCUT2D eigenvalue weighted by Gasteiger charge is 2.08. The fourth-order valence-corrected chi connectivity index (χ4v) is 1.07. The molecule has 74 valence electrons. The molecule has 0 bridgehead atoms. The van der Waals surface area contributed by atoms with Gasteiger partial charge < -0.3 is 4.74 Å². The van der Waals surface area contributed by atoms with Crippen LogP contribution in [0.15, 0.2) is 24.3 Å². The van der Waals surface area contributed by atoms with Gasteiger partial charge in [0.2, 0.25) is 0 Å². The Balaban J connectivity index is 2.87. The van der Waals surface area contributed by atoms with E-state index in [1.165, 1.54) is 6.92 Å². The molecule has 0 aliphatic carbocycles. The van der Waals surface area contributed by atoms with E-state index < -0.39 is 11.9 Å². The van der Waals surface area contributed by atoms with Crippen molar-refractivity contribution in [1.29, 1.82) is 10.5 Å². The normalized spacial score (nSPS) is 9.07. The predicted octanol–water partition coefficient (Wildman–Crippen LogP) is 1.74. The van der Waals surface area contributed by atoms with Crippen LogP contribution in [0.1, 0.15) is 18.4 Å². The third kappa shape index (κ3) is 2.82. The van der Waals surface area contributed by atoms with E-state index in [2.05, 4.69) is 0 Å². The van der Waals surface area contributed by atoms with Gasteiger partial charge in [-0.25, -0.2) is 0 Å². The zero-order valence-corrected chi connectivity index (χ0v) is 8.10. The molecular formula is C11H8N2O2. The van der Waals surface area contributed by atoms with Crippen LogP contribution in [0.3, 0.4) is 0 Å². The van der Waals surface area contributed by atoms with Gasteiger partial charge in [-0.05, 0) is 17.7 Å². The molecule has 0 saturated carbocycles. The van der Waals surface area contributed by atoms with Gasteiger partial charge in [-0.3, -0.25) is 4.79 Å². The van der Waals surface area contributed by atoms with Gasteiger partial charge in [0, 0.05) is 6.92 Å². The lowest BCUT2D eigenvalue weighted by atomic mass is 10.0. The monoisotopic (exact) mass is 200 g/mol. The smallest absolute Gasteiger partial charge is 0.308 e. The Labute approximate surface area is 87.3 Å². The first-order valence-corrected chi connectivity index (χ1v) is 4.25. The molecule has 0 N–H and O–H groups in total. The molecule has 1 aromatic carbocycles. The fraction of sp³-hybridized carbons (Fsp3) is 0.182. The van der Waals surface area contributed by atoms with Gasteiger partial charge in [-0.2, -0.15) is 10.5 Å². The van der Waals surface area contributed by atoms with Crippen LogP contribution in [0, 0.1) is 22.7 Å². The van der Waals surface area contributed by atoms with Crippen LogP contribution >= 0.6 is 0 Å². The highest BCUT2D eigenvalue weighted by atomic mass is 16.5. The van der Waals surface area contributed by atoms with E-state index in [1.807, 2.05) is 12.1 Å². The number of carbonyl (C=O) groups is 1. The van der Waals surface area contributed by atoms with Crippen molar-refractivity contribution in [3.05, 3.63) is 29.8 Å². The quantitative estimate of drug-likeness (QED) is 0.538. The largest absolute Gasteiger partial charge is 0.427 e. The van der Waals surface area contributed by atoms with Gasteiger partial charge >= 0.3 is 5.97 Å². The number of hydrogen-bond donors (Lipinski definition) is 0. The molecule has 4 nitrogen and oxygen atoms in total. The Morgan fingerprint density at radius 2 is 1.80 bits per heavy atom. The molecular weight excluding hydrogens is 192 g/mol. The summed E-state index contributed by atoms with van der Waals surface area (Å²) in [6, 6.07) is 10.0. The summed E-state index contributed by atoms with van der Waals surface area (Å²) in [6.07, 6.45) is 0. The first-order chi connectivity index (χ1) is 7.17. The molecule has 0 heterocycles. The maximum Gasteiger partial charge on any atom is 0.308 e. The maximum absolute atomic E-state index is 10.6. The Bertz CT molecular complexity index is 423. The second-order valence-corrected chi connectivity index (χ2v) is 2.85. The minimum Gasteiger partial charge on any atom is -0.427 e. The van der Waals surface area contributed by atoms with Crippen molar-refractivity contribution < 1.29 is 9.53 Å². The van der Waals surface area contributed by atoms with Crippen LogP contribution in [-0.4, -0.2) is 5.97 Å². The summed E-state index contributed by atoms with van der Waals surface area (Å²) in [4.78, 5) is 10.6. The minimum absolute atomic E-state index is 0.403. The van der Waals surface area contributed by atoms with Crippen molar-refractivity contribution in [3.8, 4) is 17.9 Å². The molecule has 0 amide bonds. The number of hydrogen-bond acceptors (Lipinski definition) is 4. The van der Waals surface area contributed by atoms with Crippen LogP contribution < -0.4 is 4.74 Å². The topological polar surface area (TPSA) is 73.9 Å². The molecule has 1 rings (SSSR count). The van der Waals surface area contributed by atoms with Gasteiger partial charge in [-0.15, -0.1) is 0 Å². The number of benzene rings is 1. The average Bonchev–Trinajstić information content (AvgIpc) is 2.21. The Hall–Kier alpha value is -2.33. The van der Waals surface area contributed by atoms with Gasteiger partial charge in [0.25, 0.3) is 0 Å². The van der Waals surface area contributed by atoms with Crippen molar-refractivity contribution in [3.63, 3.8) is 0 Å². The van der Waals surface area contributed by atoms with E-state index in [1.54, 1.807) is 24.3 Å². The Kier molecular flexibility index (Phi) is 3.43. The number of rotatable bonds is 2. The molecule has 0 aliphatic rings. The van der Waals surface area contributed by atoms with Crippen molar-refractivity contribution in [2.75, 3.05) is 0 Å². The van der Waals surface area contributed by atoms with E-state index in [0.717, 1.165) is 0 Å². The van der Waals surface area contributed by atoms with Crippen LogP contribution in [0.2, 0.25) is 0 Å². The summed E-state index contributed by atoms with van der Waals surface area (Å²) >= 11 is 0. The summed E-state index contributed by atoms with van der Waals surface area (Å²) in [5.41, 5.74) is 0.593. The highest BCUT2D eigenvalue weighted by Crippen LogP contribution is 2.18. The average molecular weight is 200 g/mol. The van der Waals surface area contributed by atoms with E-state index in [9.17, 15) is 4.79 Å². The third-order valence-electron chi connectivity index (χ3n) is 1.73. The lowest BCUT2D eigenvalue weighted by Crippen LogP contribution is -2.01. The van der Waals surface area contributed by atoms with E-state index in [-0.39, 0.29) is 0 Å². The molecule has 0 fully saturated rings. The summed E-state index contributed by atoms with van der Waals surface area (Å²) in [5, 5.41) is 17.3. The zero-order valence-electron chi connectivity index (χ0n) is 8.10. The number of nitrogens with zero attached hydrogens (tertiary/aromatic N) is 2. The first kappa shape index (κ1) is 10.7. The predicted molar refractivity (Wildman–Crippen MR) is 51.7 cm³/mol. The molecule has 0 saturated heterocycles. The molecule has 0 atom stereocenters. The molecule has 15 heavy (non-hydrogen) atoms. The van der Waals surface area contributed by atoms with Crippen molar-refractivity contribution >= 4 is 5.97 Å². The second-order valence-electron chi connectivity index (χ2n) is 2.85. The van der Waals surface area contributed by atoms with E-state index >= 15 is 0 Å². The molecule has 0 aromatic heterocycles. The molecule has 0 unspecified atom stereocenters. The number of carbonyl (C=O) groups excluding carboxylic acids is 1. The standard InChI is InChI=1S/C11H8N2O2/c1-8(14)15-11-4-2-9(3-5-11)10(6-12)7-13/h2-5,10H,1H3. The van der Waals surface area contributed by atoms with Gasteiger partial charge in [0.05, 0.1) is 12.1 Å². The van der Waals surface area contributed by atoms with Gasteiger partial charge in [0.1, 0.15) is 5.75 Å². The molecule has 0 spiro atoms. The van der Waals surface area contributed by atoms with Crippen molar-refractivity contribution in [2.24, 2.45) is 0 Å². The third-order valence-corrected chi connectivity index (χ3v) is 1.73. The summed E-state index contributed by atoms with van der Waals surface area (Å²) in [6.45, 7) is 1.31.